The molecule has 1 amide bonds. The van der Waals surface area contributed by atoms with Crippen molar-refractivity contribution in [2.75, 3.05) is 35.4 Å². The van der Waals surface area contributed by atoms with Gasteiger partial charge in [0.15, 0.2) is 0 Å². The minimum absolute atomic E-state index is 0.0302. The van der Waals surface area contributed by atoms with Gasteiger partial charge in [0.25, 0.3) is 26.0 Å². The first kappa shape index (κ1) is 29.8. The van der Waals surface area contributed by atoms with E-state index in [-0.39, 0.29) is 21.4 Å². The second-order valence-corrected chi connectivity index (χ2v) is 13.7. The molecule has 2 N–H and O–H groups in total. The van der Waals surface area contributed by atoms with Crippen molar-refractivity contribution >= 4 is 49.1 Å². The Balaban J connectivity index is 1.49. The molecule has 9 nitrogen and oxygen atoms in total. The highest BCUT2D eigenvalue weighted by Crippen LogP contribution is 2.28. The van der Waals surface area contributed by atoms with Crippen LogP contribution in [0.3, 0.4) is 0 Å². The lowest BCUT2D eigenvalue weighted by molar-refractivity contribution is 0.0693. The van der Waals surface area contributed by atoms with Gasteiger partial charge in [0.2, 0.25) is 0 Å². The lowest BCUT2D eigenvalue weighted by Crippen LogP contribution is -2.38. The van der Waals surface area contributed by atoms with Crippen LogP contribution in [0.5, 0.6) is 5.75 Å². The van der Waals surface area contributed by atoms with Crippen LogP contribution in [0.15, 0.2) is 81.4 Å². The van der Waals surface area contributed by atoms with Crippen LogP contribution >= 0.6 is 11.8 Å². The number of ether oxygens (including phenoxy) is 1. The molecular weight excluding hydrogens is 571 g/mol. The number of likely N-dealkylation sites (tertiary alicyclic amines) is 1. The summed E-state index contributed by atoms with van der Waals surface area (Å²) >= 11 is 1.39. The third-order valence-corrected chi connectivity index (χ3v) is 10.2. The molecule has 0 aromatic heterocycles. The van der Waals surface area contributed by atoms with Crippen molar-refractivity contribution in [2.45, 2.75) is 41.4 Å². The molecule has 214 valence electrons. The lowest BCUT2D eigenvalue weighted by atomic mass is 9.98. The fourth-order valence-corrected chi connectivity index (χ4v) is 7.03. The van der Waals surface area contributed by atoms with E-state index in [0.29, 0.717) is 47.5 Å². The lowest BCUT2D eigenvalue weighted by Gasteiger charge is -2.30. The van der Waals surface area contributed by atoms with E-state index < -0.39 is 20.0 Å². The molecule has 0 atom stereocenters. The summed E-state index contributed by atoms with van der Waals surface area (Å²) in [6.07, 6.45) is 3.68. The van der Waals surface area contributed by atoms with Crippen LogP contribution in [-0.4, -0.2) is 53.6 Å². The summed E-state index contributed by atoms with van der Waals surface area (Å²) in [6.45, 7) is 5.81. The molecule has 0 bridgehead atoms. The van der Waals surface area contributed by atoms with E-state index in [1.54, 1.807) is 35.2 Å². The van der Waals surface area contributed by atoms with Gasteiger partial charge in [-0.3, -0.25) is 14.2 Å². The Kier molecular flexibility index (Phi) is 9.32. The van der Waals surface area contributed by atoms with E-state index in [1.165, 1.54) is 48.2 Å². The maximum absolute atomic E-state index is 13.3. The summed E-state index contributed by atoms with van der Waals surface area (Å²) in [4.78, 5) is 15.7. The number of anilines is 2. The van der Waals surface area contributed by atoms with Crippen LogP contribution in [0.2, 0.25) is 0 Å². The summed E-state index contributed by atoms with van der Waals surface area (Å²) in [5, 5.41) is 0. The average molecular weight is 604 g/mol. The number of nitrogens with zero attached hydrogens (tertiary/aromatic N) is 1. The van der Waals surface area contributed by atoms with Crippen LogP contribution < -0.4 is 14.2 Å². The Morgan fingerprint density at radius 1 is 0.875 bits per heavy atom. The molecule has 0 radical (unpaired) electrons. The molecule has 0 saturated carbocycles. The number of benzene rings is 3. The molecule has 12 heteroatoms. The number of sulfonamides is 2. The Morgan fingerprint density at radius 2 is 1.40 bits per heavy atom. The summed E-state index contributed by atoms with van der Waals surface area (Å²) in [6, 6.07) is 16.4. The number of thioether (sulfide) groups is 1. The first-order valence-corrected chi connectivity index (χ1v) is 17.1. The van der Waals surface area contributed by atoms with Gasteiger partial charge >= 0.3 is 0 Å². The standard InChI is InChI=1S/C28H33N3O6S3/c1-4-37-23-9-5-21(6-10-23)29-39(33,34)24-11-7-22(8-12-24)30-40(35,36)25-13-14-27(38-3)26(19-25)28(32)31-17-15-20(2)16-18-31/h5-14,19-20,29-30H,4,15-18H2,1-3H3. The van der Waals surface area contributed by atoms with Gasteiger partial charge in [0, 0.05) is 29.4 Å². The van der Waals surface area contributed by atoms with Gasteiger partial charge in [-0.15, -0.1) is 11.8 Å². The Morgan fingerprint density at radius 3 is 1.95 bits per heavy atom. The Labute approximate surface area is 240 Å². The van der Waals surface area contributed by atoms with Crippen molar-refractivity contribution in [3.05, 3.63) is 72.3 Å². The Bertz CT molecular complexity index is 1550. The molecule has 4 rings (SSSR count). The maximum atomic E-state index is 13.3. The Hall–Kier alpha value is -3.22. The van der Waals surface area contributed by atoms with Gasteiger partial charge < -0.3 is 9.64 Å². The van der Waals surface area contributed by atoms with Crippen LogP contribution in [0.4, 0.5) is 11.4 Å². The highest BCUT2D eigenvalue weighted by atomic mass is 32.2. The van der Waals surface area contributed by atoms with E-state index in [2.05, 4.69) is 16.4 Å². The third kappa shape index (κ3) is 7.10. The largest absolute Gasteiger partial charge is 0.494 e. The summed E-state index contributed by atoms with van der Waals surface area (Å²) in [7, 11) is -7.95. The number of hydrogen-bond acceptors (Lipinski definition) is 7. The molecule has 1 aliphatic heterocycles. The predicted molar refractivity (Wildman–Crippen MR) is 158 cm³/mol. The molecule has 1 saturated heterocycles. The van der Waals surface area contributed by atoms with Gasteiger partial charge in [-0.25, -0.2) is 16.8 Å². The number of carbonyl (C=O) groups excluding carboxylic acids is 1. The van der Waals surface area contributed by atoms with Gasteiger partial charge in [-0.2, -0.15) is 0 Å². The molecule has 3 aromatic carbocycles. The highest BCUT2D eigenvalue weighted by molar-refractivity contribution is 7.98. The molecule has 0 aliphatic carbocycles. The summed E-state index contributed by atoms with van der Waals surface area (Å²) < 4.78 is 62.4. The molecule has 1 aliphatic rings. The van der Waals surface area contributed by atoms with Crippen molar-refractivity contribution in [3.63, 3.8) is 0 Å². The zero-order chi connectivity index (χ0) is 28.9. The van der Waals surface area contributed by atoms with Crippen molar-refractivity contribution in [2.24, 2.45) is 5.92 Å². The van der Waals surface area contributed by atoms with E-state index >= 15 is 0 Å². The summed E-state index contributed by atoms with van der Waals surface area (Å²) in [5.74, 6) is 1.01. The first-order valence-electron chi connectivity index (χ1n) is 12.9. The quantitative estimate of drug-likeness (QED) is 0.302. The average Bonchev–Trinajstić information content (AvgIpc) is 2.94. The van der Waals surface area contributed by atoms with Crippen molar-refractivity contribution < 1.29 is 26.4 Å². The fourth-order valence-electron chi connectivity index (χ4n) is 4.32. The fraction of sp³-hybridized carbons (Fsp3) is 0.321. The number of amides is 1. The molecule has 0 spiro atoms. The van der Waals surface area contributed by atoms with Gasteiger partial charge in [-0.1, -0.05) is 6.92 Å². The normalized spacial score (nSPS) is 14.5. The molecule has 1 fully saturated rings. The smallest absolute Gasteiger partial charge is 0.261 e. The van der Waals surface area contributed by atoms with Crippen LogP contribution in [0.1, 0.15) is 37.0 Å². The minimum atomic E-state index is -4.05. The molecule has 0 unspecified atom stereocenters. The predicted octanol–water partition coefficient (Wildman–Crippen LogP) is 5.28. The SMILES string of the molecule is CCOc1ccc(NS(=O)(=O)c2ccc(NS(=O)(=O)c3ccc(SC)c(C(=O)N4CCC(C)CC4)c3)cc2)cc1. The van der Waals surface area contributed by atoms with E-state index in [9.17, 15) is 21.6 Å². The van der Waals surface area contributed by atoms with Crippen molar-refractivity contribution in [1.29, 1.82) is 0 Å². The number of rotatable bonds is 10. The highest BCUT2D eigenvalue weighted by Gasteiger charge is 2.25. The topological polar surface area (TPSA) is 122 Å². The van der Waals surface area contributed by atoms with Gasteiger partial charge in [-0.05, 0) is 98.7 Å². The monoisotopic (exact) mass is 603 g/mol. The number of nitrogens with one attached hydrogen (secondary N) is 2. The zero-order valence-electron chi connectivity index (χ0n) is 22.6. The van der Waals surface area contributed by atoms with Gasteiger partial charge in [0.1, 0.15) is 5.75 Å². The van der Waals surface area contributed by atoms with Crippen LogP contribution in [0.25, 0.3) is 0 Å². The van der Waals surface area contributed by atoms with E-state index in [0.717, 1.165) is 12.8 Å². The van der Waals surface area contributed by atoms with Crippen molar-refractivity contribution in [3.8, 4) is 5.75 Å². The van der Waals surface area contributed by atoms with Crippen LogP contribution in [-0.2, 0) is 20.0 Å². The minimum Gasteiger partial charge on any atom is -0.494 e. The van der Waals surface area contributed by atoms with E-state index in [1.807, 2.05) is 13.2 Å². The second kappa shape index (κ2) is 12.5. The maximum Gasteiger partial charge on any atom is 0.261 e. The number of piperidine rings is 1. The van der Waals surface area contributed by atoms with Crippen molar-refractivity contribution in [1.82, 2.24) is 4.90 Å². The molecule has 40 heavy (non-hydrogen) atoms. The molecule has 1 heterocycles. The molecule has 3 aromatic rings. The van der Waals surface area contributed by atoms with E-state index in [4.69, 9.17) is 4.74 Å². The number of carbonyl (C=O) groups is 1. The summed E-state index contributed by atoms with van der Waals surface area (Å²) in [5.41, 5.74) is 0.907. The zero-order valence-corrected chi connectivity index (χ0v) is 25.0. The van der Waals surface area contributed by atoms with Gasteiger partial charge in [0.05, 0.1) is 22.0 Å². The first-order chi connectivity index (χ1) is 19.0. The molecular formula is C28H33N3O6S3. The third-order valence-electron chi connectivity index (χ3n) is 6.62. The van der Waals surface area contributed by atoms with Crippen LogP contribution in [0, 0.1) is 5.92 Å². The second-order valence-electron chi connectivity index (χ2n) is 9.53. The number of hydrogen-bond donors (Lipinski definition) is 2.